The molecule has 0 aliphatic heterocycles. The van der Waals surface area contributed by atoms with Crippen LogP contribution in [0.4, 0.5) is 5.95 Å². The number of anilines is 1. The summed E-state index contributed by atoms with van der Waals surface area (Å²) in [6.45, 7) is 1.10. The predicted octanol–water partition coefficient (Wildman–Crippen LogP) is -1.88. The summed E-state index contributed by atoms with van der Waals surface area (Å²) in [7, 11) is 0. The molecule has 168 valence electrons. The molecule has 0 unspecified atom stereocenters. The number of nitrogens with zero attached hydrogens (tertiary/aromatic N) is 3. The average molecular weight is 437 g/mol. The zero-order valence-corrected chi connectivity index (χ0v) is 17.0. The highest BCUT2D eigenvalue weighted by Gasteiger charge is 2.17. The van der Waals surface area contributed by atoms with Crippen LogP contribution in [0.25, 0.3) is 11.0 Å². The van der Waals surface area contributed by atoms with Crippen molar-refractivity contribution in [1.29, 1.82) is 0 Å². The Morgan fingerprint density at radius 2 is 1.81 bits per heavy atom. The smallest absolute Gasteiger partial charge is 0.302 e. The monoisotopic (exact) mass is 437 g/mol. The number of aliphatic hydroxyl groups is 2. The first-order valence-corrected chi connectivity index (χ1v) is 9.13. The molecule has 0 fully saturated rings. The molecule has 0 bridgehead atoms. The maximum absolute atomic E-state index is 12.4. The van der Waals surface area contributed by atoms with Crippen LogP contribution in [0, 0.1) is 17.8 Å². The molecule has 2 aromatic rings. The summed E-state index contributed by atoms with van der Waals surface area (Å²) < 4.78 is 16.4. The molecule has 13 nitrogen and oxygen atoms in total. The third-order valence-electron chi connectivity index (χ3n) is 3.83. The Morgan fingerprint density at radius 1 is 1.19 bits per heavy atom. The molecule has 0 saturated heterocycles. The van der Waals surface area contributed by atoms with E-state index in [0.717, 1.165) is 0 Å². The summed E-state index contributed by atoms with van der Waals surface area (Å²) in [5, 5.41) is 22.5. The second-order valence-corrected chi connectivity index (χ2v) is 6.35. The number of fused-ring (bicyclic) bond motifs is 1. The first kappa shape index (κ1) is 23.8. The van der Waals surface area contributed by atoms with E-state index in [4.69, 9.17) is 30.2 Å². The Bertz CT molecular complexity index is 1030. The number of ether oxygens (including phenoxy) is 3. The lowest BCUT2D eigenvalue weighted by Crippen LogP contribution is -2.24. The minimum atomic E-state index is -0.857. The van der Waals surface area contributed by atoms with Crippen LogP contribution >= 0.6 is 0 Å². The van der Waals surface area contributed by atoms with Crippen LogP contribution in [0.1, 0.15) is 19.5 Å². The first-order chi connectivity index (χ1) is 14.7. The van der Waals surface area contributed by atoms with Crippen molar-refractivity contribution < 1.29 is 34.0 Å². The van der Waals surface area contributed by atoms with Crippen molar-refractivity contribution >= 4 is 28.9 Å². The van der Waals surface area contributed by atoms with E-state index < -0.39 is 42.7 Å². The summed E-state index contributed by atoms with van der Waals surface area (Å²) in [5.74, 6) is 3.60. The Morgan fingerprint density at radius 3 is 2.35 bits per heavy atom. The number of aromatic nitrogens is 4. The van der Waals surface area contributed by atoms with E-state index in [-0.39, 0.29) is 42.6 Å². The number of rotatable bonds is 9. The fourth-order valence-electron chi connectivity index (χ4n) is 2.35. The van der Waals surface area contributed by atoms with E-state index in [2.05, 4.69) is 26.9 Å². The van der Waals surface area contributed by atoms with Crippen LogP contribution in [0.15, 0.2) is 4.79 Å². The third kappa shape index (κ3) is 6.78. The number of aliphatic hydroxyl groups excluding tert-OH is 2. The van der Waals surface area contributed by atoms with Gasteiger partial charge in [0.05, 0.1) is 19.1 Å². The lowest BCUT2D eigenvalue weighted by molar-refractivity contribution is -0.144. The van der Waals surface area contributed by atoms with Crippen LogP contribution in [0.2, 0.25) is 0 Å². The maximum Gasteiger partial charge on any atom is 0.302 e. The number of carbonyl (C=O) groups excluding carboxylic acids is 2. The van der Waals surface area contributed by atoms with Gasteiger partial charge in [-0.1, -0.05) is 5.92 Å². The molecule has 0 aliphatic rings. The summed E-state index contributed by atoms with van der Waals surface area (Å²) in [5.41, 5.74) is 5.14. The molecule has 0 aromatic carbocycles. The number of nitrogen functional groups attached to an aromatic ring is 1. The number of hydrogen-bond acceptors (Lipinski definition) is 11. The Balaban J connectivity index is 2.40. The molecule has 2 aromatic heterocycles. The third-order valence-corrected chi connectivity index (χ3v) is 3.83. The molecule has 31 heavy (non-hydrogen) atoms. The average Bonchev–Trinajstić information content (AvgIpc) is 3.05. The predicted molar refractivity (Wildman–Crippen MR) is 105 cm³/mol. The van der Waals surface area contributed by atoms with E-state index in [1.807, 2.05) is 0 Å². The van der Waals surface area contributed by atoms with Gasteiger partial charge in [-0.3, -0.25) is 19.4 Å². The molecular weight excluding hydrogens is 414 g/mol. The number of H-pyrrole nitrogens is 1. The number of esters is 2. The molecule has 13 heteroatoms. The molecule has 2 heterocycles. The number of nitrogens with one attached hydrogen (secondary N) is 1. The van der Waals surface area contributed by atoms with E-state index in [1.165, 1.54) is 18.5 Å². The lowest BCUT2D eigenvalue weighted by atomic mass is 10.1. The standard InChI is InChI=1S/C18H23N5O8/c1-10(26)29-7-12(8-30-11(2)27)3-4-14-15-16(20-18(19)21-17(15)28)23(22-14)9-31-13(5-24)6-25/h12-13,24-25H,5-9H2,1-2H3,(H3,19,20,21,28). The molecular formula is C18H23N5O8. The Labute approximate surface area is 176 Å². The number of hydrogen-bond donors (Lipinski definition) is 4. The normalized spacial score (nSPS) is 10.9. The fourth-order valence-corrected chi connectivity index (χ4v) is 2.35. The minimum Gasteiger partial charge on any atom is -0.464 e. The van der Waals surface area contributed by atoms with Crippen molar-refractivity contribution in [2.75, 3.05) is 32.2 Å². The molecule has 0 saturated carbocycles. The Kier molecular flexibility index (Phi) is 8.50. The van der Waals surface area contributed by atoms with Crippen molar-refractivity contribution in [3.05, 3.63) is 16.0 Å². The number of aromatic amines is 1. The van der Waals surface area contributed by atoms with Gasteiger partial charge in [-0.05, 0) is 5.92 Å². The van der Waals surface area contributed by atoms with Crippen molar-refractivity contribution in [1.82, 2.24) is 19.7 Å². The summed E-state index contributed by atoms with van der Waals surface area (Å²) in [6, 6.07) is 0. The van der Waals surface area contributed by atoms with Gasteiger partial charge in [-0.15, -0.1) is 0 Å². The molecule has 5 N–H and O–H groups in total. The molecule has 2 rings (SSSR count). The van der Waals surface area contributed by atoms with Gasteiger partial charge in [-0.2, -0.15) is 10.1 Å². The quantitative estimate of drug-likeness (QED) is 0.253. The van der Waals surface area contributed by atoms with Gasteiger partial charge < -0.3 is 30.2 Å². The number of carbonyl (C=O) groups is 2. The van der Waals surface area contributed by atoms with Crippen molar-refractivity contribution in [2.24, 2.45) is 5.92 Å². The van der Waals surface area contributed by atoms with Crippen LogP contribution in [-0.4, -0.2) is 74.4 Å². The van der Waals surface area contributed by atoms with E-state index in [9.17, 15) is 14.4 Å². The zero-order valence-electron chi connectivity index (χ0n) is 17.0. The van der Waals surface area contributed by atoms with Gasteiger partial charge in [0.1, 0.15) is 31.4 Å². The molecule has 0 radical (unpaired) electrons. The highest BCUT2D eigenvalue weighted by molar-refractivity contribution is 5.81. The van der Waals surface area contributed by atoms with E-state index in [0.29, 0.717) is 0 Å². The Hall–Kier alpha value is -3.47. The van der Waals surface area contributed by atoms with Crippen molar-refractivity contribution in [3.63, 3.8) is 0 Å². The lowest BCUT2D eigenvalue weighted by Gasteiger charge is -2.12. The van der Waals surface area contributed by atoms with Gasteiger partial charge in [0.25, 0.3) is 5.56 Å². The zero-order chi connectivity index (χ0) is 23.0. The largest absolute Gasteiger partial charge is 0.464 e. The molecule has 0 atom stereocenters. The second kappa shape index (κ2) is 11.1. The van der Waals surface area contributed by atoms with Crippen LogP contribution in [0.5, 0.6) is 0 Å². The van der Waals surface area contributed by atoms with Crippen molar-refractivity contribution in [2.45, 2.75) is 26.7 Å². The van der Waals surface area contributed by atoms with Crippen LogP contribution in [0.3, 0.4) is 0 Å². The molecule has 0 amide bonds. The first-order valence-electron chi connectivity index (χ1n) is 9.13. The van der Waals surface area contributed by atoms with Gasteiger partial charge >= 0.3 is 11.9 Å². The fraction of sp³-hybridized carbons (Fsp3) is 0.500. The van der Waals surface area contributed by atoms with Crippen LogP contribution in [-0.2, 0) is 30.5 Å². The highest BCUT2D eigenvalue weighted by atomic mass is 16.5. The van der Waals surface area contributed by atoms with Gasteiger partial charge in [-0.25, -0.2) is 4.68 Å². The van der Waals surface area contributed by atoms with E-state index in [1.54, 1.807) is 0 Å². The molecule has 0 spiro atoms. The van der Waals surface area contributed by atoms with Gasteiger partial charge in [0.15, 0.2) is 11.3 Å². The van der Waals surface area contributed by atoms with Gasteiger partial charge in [0.2, 0.25) is 5.95 Å². The van der Waals surface area contributed by atoms with Crippen LogP contribution < -0.4 is 11.3 Å². The SMILES string of the molecule is CC(=O)OCC(C#Cc1nn(COC(CO)CO)c2nc(N)[nH]c(=O)c12)COC(C)=O. The summed E-state index contributed by atoms with van der Waals surface area (Å²) in [4.78, 5) is 41.0. The number of nitrogens with two attached hydrogens (primary N) is 1. The van der Waals surface area contributed by atoms with Crippen molar-refractivity contribution in [3.8, 4) is 11.8 Å². The molecule has 0 aliphatic carbocycles. The summed E-state index contributed by atoms with van der Waals surface area (Å²) >= 11 is 0. The highest BCUT2D eigenvalue weighted by Crippen LogP contribution is 2.13. The second-order valence-electron chi connectivity index (χ2n) is 6.35. The maximum atomic E-state index is 12.4. The topological polar surface area (TPSA) is 192 Å². The van der Waals surface area contributed by atoms with E-state index >= 15 is 0 Å². The van der Waals surface area contributed by atoms with Gasteiger partial charge in [0, 0.05) is 13.8 Å². The summed E-state index contributed by atoms with van der Waals surface area (Å²) in [6.07, 6.45) is -0.857. The minimum absolute atomic E-state index is 0.0348.